The summed E-state index contributed by atoms with van der Waals surface area (Å²) < 4.78 is 28.0. The highest BCUT2D eigenvalue weighted by Crippen LogP contribution is 2.27. The summed E-state index contributed by atoms with van der Waals surface area (Å²) in [5, 5.41) is 4.26. The molecule has 3 aromatic carbocycles. The number of nitrogens with one attached hydrogen (secondary N) is 1. The smallest absolute Gasteiger partial charge is 0.264 e. The summed E-state index contributed by atoms with van der Waals surface area (Å²) in [6, 6.07) is 23.6. The monoisotopic (exact) mass is 491 g/mol. The van der Waals surface area contributed by atoms with E-state index in [-0.39, 0.29) is 10.3 Å². The number of hydrogen-bond acceptors (Lipinski definition) is 4. The van der Waals surface area contributed by atoms with Crippen LogP contribution in [-0.4, -0.2) is 26.6 Å². The van der Waals surface area contributed by atoms with Gasteiger partial charge < -0.3 is 0 Å². The molecule has 0 unspecified atom stereocenters. The first-order chi connectivity index (χ1) is 16.5. The molecule has 184 valence electrons. The Balaban J connectivity index is 1.81. The standard InChI is InChI=1S/C28H33N3O3S/c1-21-16-17-25(18-22(21)2)31(35(33,34)26-14-10-7-11-15-26)20-27(32)30-29-23(3)19-28(4,5)24-12-8-6-9-13-24/h6-18H,19-20H2,1-5H3,(H,30,32)/b29-23-. The molecular weight excluding hydrogens is 458 g/mol. The van der Waals surface area contributed by atoms with Crippen molar-refractivity contribution in [3.05, 3.63) is 95.6 Å². The Labute approximate surface area is 208 Å². The van der Waals surface area contributed by atoms with Crippen LogP contribution in [0.3, 0.4) is 0 Å². The van der Waals surface area contributed by atoms with Crippen LogP contribution in [0.25, 0.3) is 0 Å². The van der Waals surface area contributed by atoms with E-state index in [0.717, 1.165) is 21.1 Å². The Hall–Kier alpha value is -3.45. The van der Waals surface area contributed by atoms with Crippen LogP contribution in [0, 0.1) is 13.8 Å². The maximum Gasteiger partial charge on any atom is 0.264 e. The first-order valence-corrected chi connectivity index (χ1v) is 13.0. The Morgan fingerprint density at radius 2 is 1.51 bits per heavy atom. The van der Waals surface area contributed by atoms with Crippen molar-refractivity contribution in [3.8, 4) is 0 Å². The van der Waals surface area contributed by atoms with Gasteiger partial charge in [-0.25, -0.2) is 13.8 Å². The molecule has 0 aliphatic heterocycles. The third-order valence-corrected chi connectivity index (χ3v) is 7.81. The van der Waals surface area contributed by atoms with Gasteiger partial charge in [-0.1, -0.05) is 68.4 Å². The van der Waals surface area contributed by atoms with Crippen LogP contribution in [-0.2, 0) is 20.2 Å². The van der Waals surface area contributed by atoms with Crippen molar-refractivity contribution in [3.63, 3.8) is 0 Å². The number of hydrazone groups is 1. The molecule has 0 radical (unpaired) electrons. The number of amides is 1. The van der Waals surface area contributed by atoms with Crippen LogP contribution in [0.2, 0.25) is 0 Å². The van der Waals surface area contributed by atoms with Gasteiger partial charge in [-0.3, -0.25) is 9.10 Å². The van der Waals surface area contributed by atoms with Crippen LogP contribution < -0.4 is 9.73 Å². The normalized spacial score (nSPS) is 12.3. The molecule has 0 aromatic heterocycles. The van der Waals surface area contributed by atoms with Crippen molar-refractivity contribution in [1.29, 1.82) is 0 Å². The second-order valence-electron chi connectivity index (χ2n) is 9.40. The molecule has 1 amide bonds. The van der Waals surface area contributed by atoms with Crippen LogP contribution >= 0.6 is 0 Å². The van der Waals surface area contributed by atoms with Crippen molar-refractivity contribution in [2.45, 2.75) is 51.3 Å². The molecule has 0 saturated carbocycles. The Kier molecular flexibility index (Phi) is 8.12. The van der Waals surface area contributed by atoms with E-state index in [2.05, 4.69) is 36.5 Å². The van der Waals surface area contributed by atoms with Gasteiger partial charge in [-0.05, 0) is 73.6 Å². The molecular formula is C28H33N3O3S. The molecule has 0 saturated heterocycles. The van der Waals surface area contributed by atoms with E-state index >= 15 is 0 Å². The number of hydrogen-bond donors (Lipinski definition) is 1. The SMILES string of the molecule is C/C(CC(C)(C)c1ccccc1)=N/NC(=O)CN(c1ccc(C)c(C)c1)S(=O)(=O)c1ccccc1. The highest BCUT2D eigenvalue weighted by molar-refractivity contribution is 7.92. The molecule has 1 N–H and O–H groups in total. The lowest BCUT2D eigenvalue weighted by Crippen LogP contribution is -2.40. The predicted octanol–water partition coefficient (Wildman–Crippen LogP) is 5.36. The summed E-state index contributed by atoms with van der Waals surface area (Å²) in [5.74, 6) is -0.514. The van der Waals surface area contributed by atoms with Crippen LogP contribution in [0.5, 0.6) is 0 Å². The van der Waals surface area contributed by atoms with E-state index in [1.807, 2.05) is 45.0 Å². The summed E-state index contributed by atoms with van der Waals surface area (Å²) in [7, 11) is -3.96. The largest absolute Gasteiger partial charge is 0.271 e. The number of carbonyl (C=O) groups excluding carboxylic acids is 1. The number of nitrogens with zero attached hydrogens (tertiary/aromatic N) is 2. The Morgan fingerprint density at radius 1 is 0.914 bits per heavy atom. The summed E-state index contributed by atoms with van der Waals surface area (Å²) in [5.41, 5.74) is 6.71. The quantitative estimate of drug-likeness (QED) is 0.323. The molecule has 35 heavy (non-hydrogen) atoms. The van der Waals surface area contributed by atoms with Crippen molar-refractivity contribution in [2.24, 2.45) is 5.10 Å². The van der Waals surface area contributed by atoms with Gasteiger partial charge >= 0.3 is 0 Å². The zero-order valence-electron chi connectivity index (χ0n) is 20.9. The zero-order valence-corrected chi connectivity index (χ0v) is 21.8. The highest BCUT2D eigenvalue weighted by atomic mass is 32.2. The lowest BCUT2D eigenvalue weighted by atomic mass is 9.80. The molecule has 3 aromatic rings. The van der Waals surface area contributed by atoms with E-state index in [4.69, 9.17) is 0 Å². The van der Waals surface area contributed by atoms with E-state index in [9.17, 15) is 13.2 Å². The van der Waals surface area contributed by atoms with Gasteiger partial charge in [-0.2, -0.15) is 5.10 Å². The molecule has 0 spiro atoms. The molecule has 0 atom stereocenters. The second kappa shape index (κ2) is 10.9. The Bertz CT molecular complexity index is 1300. The second-order valence-corrected chi connectivity index (χ2v) is 11.3. The third-order valence-electron chi connectivity index (χ3n) is 6.02. The fourth-order valence-electron chi connectivity index (χ4n) is 3.91. The minimum Gasteiger partial charge on any atom is -0.271 e. The van der Waals surface area contributed by atoms with Gasteiger partial charge in [0, 0.05) is 5.71 Å². The number of carbonyl (C=O) groups is 1. The van der Waals surface area contributed by atoms with E-state index in [0.29, 0.717) is 12.1 Å². The molecule has 0 fully saturated rings. The van der Waals surface area contributed by atoms with Gasteiger partial charge in [0.1, 0.15) is 6.54 Å². The van der Waals surface area contributed by atoms with Crippen molar-refractivity contribution < 1.29 is 13.2 Å². The lowest BCUT2D eigenvalue weighted by Gasteiger charge is -2.25. The molecule has 6 nitrogen and oxygen atoms in total. The van der Waals surface area contributed by atoms with Crippen LogP contribution in [0.1, 0.15) is 43.9 Å². The first-order valence-electron chi connectivity index (χ1n) is 11.5. The molecule has 3 rings (SSSR count). The summed E-state index contributed by atoms with van der Waals surface area (Å²) >= 11 is 0. The number of benzene rings is 3. The topological polar surface area (TPSA) is 78.8 Å². The summed E-state index contributed by atoms with van der Waals surface area (Å²) in [6.07, 6.45) is 0.639. The minimum absolute atomic E-state index is 0.121. The first kappa shape index (κ1) is 26.2. The van der Waals surface area contributed by atoms with Gasteiger partial charge in [0.2, 0.25) is 0 Å². The fraction of sp³-hybridized carbons (Fsp3) is 0.286. The fourth-order valence-corrected chi connectivity index (χ4v) is 5.34. The van der Waals surface area contributed by atoms with Crippen LogP contribution in [0.15, 0.2) is 88.9 Å². The van der Waals surface area contributed by atoms with Crippen molar-refractivity contribution >= 4 is 27.3 Å². The minimum atomic E-state index is -3.96. The van der Waals surface area contributed by atoms with E-state index in [1.54, 1.807) is 30.3 Å². The van der Waals surface area contributed by atoms with Gasteiger partial charge in [0.25, 0.3) is 15.9 Å². The third kappa shape index (κ3) is 6.57. The number of sulfonamides is 1. The van der Waals surface area contributed by atoms with E-state index < -0.39 is 22.5 Å². The average molecular weight is 492 g/mol. The van der Waals surface area contributed by atoms with E-state index in [1.165, 1.54) is 17.7 Å². The zero-order chi connectivity index (χ0) is 25.6. The molecule has 0 aliphatic carbocycles. The van der Waals surface area contributed by atoms with Crippen LogP contribution in [0.4, 0.5) is 5.69 Å². The highest BCUT2D eigenvalue weighted by Gasteiger charge is 2.27. The number of anilines is 1. The molecule has 0 heterocycles. The molecule has 7 heteroatoms. The maximum atomic E-state index is 13.5. The summed E-state index contributed by atoms with van der Waals surface area (Å²) in [4.78, 5) is 13.0. The molecule has 0 aliphatic rings. The van der Waals surface area contributed by atoms with Crippen molar-refractivity contribution in [2.75, 3.05) is 10.8 Å². The predicted molar refractivity (Wildman–Crippen MR) is 142 cm³/mol. The number of rotatable bonds is 9. The average Bonchev–Trinajstić information content (AvgIpc) is 2.84. The maximum absolute atomic E-state index is 13.5. The van der Waals surface area contributed by atoms with Gasteiger partial charge in [-0.15, -0.1) is 0 Å². The van der Waals surface area contributed by atoms with Gasteiger partial charge in [0.05, 0.1) is 10.6 Å². The molecule has 0 bridgehead atoms. The van der Waals surface area contributed by atoms with Crippen molar-refractivity contribution in [1.82, 2.24) is 5.43 Å². The number of aryl methyl sites for hydroxylation is 2. The lowest BCUT2D eigenvalue weighted by molar-refractivity contribution is -0.119. The summed E-state index contributed by atoms with van der Waals surface area (Å²) in [6.45, 7) is 9.57. The Morgan fingerprint density at radius 3 is 2.11 bits per heavy atom. The van der Waals surface area contributed by atoms with Gasteiger partial charge in [0.15, 0.2) is 0 Å².